The van der Waals surface area contributed by atoms with Crippen LogP contribution in [0.5, 0.6) is 0 Å². The van der Waals surface area contributed by atoms with Crippen molar-refractivity contribution < 1.29 is 14.0 Å². The average molecular weight is 376 g/mol. The van der Waals surface area contributed by atoms with E-state index in [1.807, 2.05) is 13.2 Å². The first-order chi connectivity index (χ1) is 10.9. The Bertz CT molecular complexity index is 430. The van der Waals surface area contributed by atoms with Crippen molar-refractivity contribution in [1.29, 1.82) is 0 Å². The molecule has 0 aliphatic rings. The zero-order chi connectivity index (χ0) is 19.1. The first-order valence-corrected chi connectivity index (χ1v) is 12.9. The number of thioether (sulfide) groups is 1. The molecule has 4 nitrogen and oxygen atoms in total. The van der Waals surface area contributed by atoms with Gasteiger partial charge in [-0.2, -0.15) is 0 Å². The van der Waals surface area contributed by atoms with E-state index in [0.717, 1.165) is 4.91 Å². The van der Waals surface area contributed by atoms with Gasteiger partial charge >= 0.3 is 6.09 Å². The highest BCUT2D eigenvalue weighted by Gasteiger charge is 2.38. The van der Waals surface area contributed by atoms with Crippen LogP contribution in [0, 0.1) is 11.8 Å². The lowest BCUT2D eigenvalue weighted by Crippen LogP contribution is -2.44. The summed E-state index contributed by atoms with van der Waals surface area (Å²) in [6.07, 6.45) is 3.63. The molecule has 6 heteroatoms. The van der Waals surface area contributed by atoms with E-state index in [1.54, 1.807) is 11.8 Å². The molecule has 0 saturated carbocycles. The van der Waals surface area contributed by atoms with Crippen LogP contribution in [0.2, 0.25) is 18.1 Å². The number of hydrogen-bond acceptors (Lipinski definition) is 4. The number of amides is 1. The van der Waals surface area contributed by atoms with Crippen LogP contribution < -0.4 is 5.32 Å². The SMILES string of the molecule is CCOC(=O)N[C@@H](C(C)C)[C@H](C)/C(=C/O[Si](C)(C)C(C)(C)C)SC. The molecule has 2 atom stereocenters. The van der Waals surface area contributed by atoms with Crippen LogP contribution in [0.4, 0.5) is 4.79 Å². The van der Waals surface area contributed by atoms with Gasteiger partial charge in [-0.3, -0.25) is 0 Å². The van der Waals surface area contributed by atoms with E-state index in [2.05, 4.69) is 66.2 Å². The molecule has 1 N–H and O–H groups in total. The second-order valence-electron chi connectivity index (χ2n) is 8.03. The summed E-state index contributed by atoms with van der Waals surface area (Å²) in [5.74, 6) is 0.460. The Hall–Kier alpha value is -0.623. The Balaban J connectivity index is 5.24. The van der Waals surface area contributed by atoms with Crippen LogP contribution in [0.25, 0.3) is 0 Å². The molecular weight excluding hydrogens is 338 g/mol. The lowest BCUT2D eigenvalue weighted by Gasteiger charge is -2.36. The van der Waals surface area contributed by atoms with E-state index >= 15 is 0 Å². The number of hydrogen-bond donors (Lipinski definition) is 1. The van der Waals surface area contributed by atoms with Gasteiger partial charge < -0.3 is 14.5 Å². The second-order valence-corrected chi connectivity index (χ2v) is 13.7. The molecular formula is C18H37NO3SSi. The molecule has 0 spiro atoms. The summed E-state index contributed by atoms with van der Waals surface area (Å²) in [7, 11) is -1.84. The summed E-state index contributed by atoms with van der Waals surface area (Å²) in [5, 5.41) is 3.16. The standard InChI is InChI=1S/C18H37NO3SSi/c1-11-21-17(20)19-16(13(2)3)14(4)15(23-8)12-22-24(9,10)18(5,6)7/h12-14,16H,11H2,1-10H3,(H,19,20)/b15-12-/t14-,16+/m1/s1. The third kappa shape index (κ3) is 7.09. The van der Waals surface area contributed by atoms with Crippen LogP contribution in [-0.4, -0.2) is 33.3 Å². The molecule has 0 saturated heterocycles. The number of nitrogens with one attached hydrogen (secondary N) is 1. The molecule has 142 valence electrons. The zero-order valence-electron chi connectivity index (χ0n) is 17.1. The molecule has 1 amide bonds. The lowest BCUT2D eigenvalue weighted by atomic mass is 9.91. The van der Waals surface area contributed by atoms with Gasteiger partial charge in [0.25, 0.3) is 0 Å². The number of carbonyl (C=O) groups excluding carboxylic acids is 1. The van der Waals surface area contributed by atoms with Crippen molar-refractivity contribution in [3.8, 4) is 0 Å². The number of rotatable bonds is 8. The minimum Gasteiger partial charge on any atom is -0.548 e. The molecule has 0 aromatic carbocycles. The summed E-state index contributed by atoms with van der Waals surface area (Å²) in [4.78, 5) is 13.0. The molecule has 0 aliphatic carbocycles. The number of ether oxygens (including phenoxy) is 1. The third-order valence-electron chi connectivity index (χ3n) is 4.78. The van der Waals surface area contributed by atoms with Crippen molar-refractivity contribution in [2.75, 3.05) is 12.9 Å². The maximum Gasteiger partial charge on any atom is 0.407 e. The predicted molar refractivity (Wildman–Crippen MR) is 108 cm³/mol. The van der Waals surface area contributed by atoms with Gasteiger partial charge in [-0.05, 0) is 37.2 Å². The van der Waals surface area contributed by atoms with Crippen LogP contribution in [0.15, 0.2) is 11.2 Å². The maximum absolute atomic E-state index is 11.8. The summed E-state index contributed by atoms with van der Waals surface area (Å²) in [6.45, 7) is 19.7. The molecule has 24 heavy (non-hydrogen) atoms. The molecule has 0 aromatic heterocycles. The van der Waals surface area contributed by atoms with Gasteiger partial charge in [-0.1, -0.05) is 41.5 Å². The highest BCUT2D eigenvalue weighted by molar-refractivity contribution is 8.02. The van der Waals surface area contributed by atoms with Gasteiger partial charge in [0.15, 0.2) is 0 Å². The summed E-state index contributed by atoms with van der Waals surface area (Å²) >= 11 is 1.68. The summed E-state index contributed by atoms with van der Waals surface area (Å²) < 4.78 is 11.3. The highest BCUT2D eigenvalue weighted by atomic mass is 32.2. The fourth-order valence-electron chi connectivity index (χ4n) is 2.08. The van der Waals surface area contributed by atoms with Crippen molar-refractivity contribution in [2.24, 2.45) is 11.8 Å². The fraction of sp³-hybridized carbons (Fsp3) is 0.833. The quantitative estimate of drug-likeness (QED) is 0.442. The molecule has 0 bridgehead atoms. The van der Waals surface area contributed by atoms with Crippen LogP contribution in [0.1, 0.15) is 48.5 Å². The van der Waals surface area contributed by atoms with Crippen LogP contribution >= 0.6 is 11.8 Å². The first-order valence-electron chi connectivity index (χ1n) is 8.72. The smallest absolute Gasteiger partial charge is 0.407 e. The Morgan fingerprint density at radius 3 is 2.17 bits per heavy atom. The minimum absolute atomic E-state index is 0.00534. The van der Waals surface area contributed by atoms with Crippen molar-refractivity contribution in [3.05, 3.63) is 11.2 Å². The van der Waals surface area contributed by atoms with E-state index in [1.165, 1.54) is 0 Å². The molecule has 0 radical (unpaired) electrons. The summed E-state index contributed by atoms with van der Waals surface area (Å²) in [6, 6.07) is 0.00534. The number of carbonyl (C=O) groups is 1. The largest absolute Gasteiger partial charge is 0.548 e. The predicted octanol–water partition coefficient (Wildman–Crippen LogP) is 5.62. The number of alkyl carbamates (subject to hydrolysis) is 1. The zero-order valence-corrected chi connectivity index (χ0v) is 19.0. The topological polar surface area (TPSA) is 47.6 Å². The lowest BCUT2D eigenvalue weighted by molar-refractivity contribution is 0.141. The van der Waals surface area contributed by atoms with Crippen molar-refractivity contribution in [1.82, 2.24) is 5.32 Å². The first kappa shape index (κ1) is 23.4. The molecule has 0 aromatic rings. The van der Waals surface area contributed by atoms with E-state index in [-0.39, 0.29) is 23.1 Å². The van der Waals surface area contributed by atoms with Gasteiger partial charge in [0.2, 0.25) is 8.32 Å². The van der Waals surface area contributed by atoms with Gasteiger partial charge in [0.1, 0.15) is 0 Å². The molecule has 0 heterocycles. The normalized spacial score (nSPS) is 15.9. The van der Waals surface area contributed by atoms with Crippen molar-refractivity contribution >= 4 is 26.2 Å². The maximum atomic E-state index is 11.8. The molecule has 0 fully saturated rings. The van der Waals surface area contributed by atoms with E-state index in [4.69, 9.17) is 9.16 Å². The Morgan fingerprint density at radius 1 is 1.25 bits per heavy atom. The van der Waals surface area contributed by atoms with Gasteiger partial charge in [0, 0.05) is 16.9 Å². The van der Waals surface area contributed by atoms with E-state index < -0.39 is 8.32 Å². The minimum atomic E-state index is -1.84. The Labute approximate surface area is 154 Å². The van der Waals surface area contributed by atoms with Crippen LogP contribution in [-0.2, 0) is 9.16 Å². The van der Waals surface area contributed by atoms with Gasteiger partial charge in [0.05, 0.1) is 12.9 Å². The average Bonchev–Trinajstić information content (AvgIpc) is 2.43. The fourth-order valence-corrected chi connectivity index (χ4v) is 3.60. The highest BCUT2D eigenvalue weighted by Crippen LogP contribution is 2.38. The van der Waals surface area contributed by atoms with Crippen LogP contribution in [0.3, 0.4) is 0 Å². The van der Waals surface area contributed by atoms with Crippen molar-refractivity contribution in [2.45, 2.75) is 72.6 Å². The molecule has 0 aliphatic heterocycles. The van der Waals surface area contributed by atoms with Crippen molar-refractivity contribution in [3.63, 3.8) is 0 Å². The molecule has 0 unspecified atom stereocenters. The van der Waals surface area contributed by atoms with E-state index in [9.17, 15) is 4.79 Å². The monoisotopic (exact) mass is 375 g/mol. The Morgan fingerprint density at radius 2 is 1.79 bits per heavy atom. The molecule has 0 rings (SSSR count). The second kappa shape index (κ2) is 9.75. The van der Waals surface area contributed by atoms with Gasteiger partial charge in [-0.25, -0.2) is 4.79 Å². The third-order valence-corrected chi connectivity index (χ3v) is 10.0. The van der Waals surface area contributed by atoms with Gasteiger partial charge in [-0.15, -0.1) is 11.8 Å². The summed E-state index contributed by atoms with van der Waals surface area (Å²) in [5.41, 5.74) is 0. The Kier molecular flexibility index (Phi) is 9.50. The van der Waals surface area contributed by atoms with E-state index in [0.29, 0.717) is 12.5 Å².